The number of hydrogen-bond donors (Lipinski definition) is 1. The van der Waals surface area contributed by atoms with Crippen molar-refractivity contribution in [2.24, 2.45) is 15.2 Å². The van der Waals surface area contributed by atoms with Crippen molar-refractivity contribution in [2.75, 3.05) is 12.4 Å². The van der Waals surface area contributed by atoms with E-state index >= 15 is 0 Å². The van der Waals surface area contributed by atoms with Crippen LogP contribution in [-0.4, -0.2) is 17.9 Å². The Hall–Kier alpha value is -4.63. The largest absolute Gasteiger partial charge is 0.497 e. The molecule has 0 spiro atoms. The van der Waals surface area contributed by atoms with E-state index in [9.17, 15) is 4.79 Å². The normalized spacial score (nSPS) is 11.8. The van der Waals surface area contributed by atoms with Gasteiger partial charge in [-0.2, -0.15) is 4.99 Å². The number of nitrogens with zero attached hydrogens (tertiary/aromatic N) is 4. The van der Waals surface area contributed by atoms with Gasteiger partial charge in [0.15, 0.2) is 5.84 Å². The van der Waals surface area contributed by atoms with Crippen LogP contribution in [0.5, 0.6) is 5.75 Å². The van der Waals surface area contributed by atoms with Gasteiger partial charge in [-0.1, -0.05) is 18.2 Å². The number of aromatic nitrogens is 1. The summed E-state index contributed by atoms with van der Waals surface area (Å²) in [5.74, 6) is 1.82. The Morgan fingerprint density at radius 3 is 2.61 bits per heavy atom. The fourth-order valence-corrected chi connectivity index (χ4v) is 4.06. The SMILES string of the molecule is COc1ccc(/C(N=Nc2ccccc2)=N/c2nc(Nc3cc4ccc(=O)oc4cc3C)cs2)cc1. The number of amidine groups is 1. The second-order valence-corrected chi connectivity index (χ2v) is 8.64. The van der Waals surface area contributed by atoms with Crippen LogP contribution in [0.2, 0.25) is 0 Å². The zero-order valence-electron chi connectivity index (χ0n) is 19.5. The molecule has 178 valence electrons. The third-order valence-electron chi connectivity index (χ3n) is 5.29. The highest BCUT2D eigenvalue weighted by Gasteiger charge is 2.10. The van der Waals surface area contributed by atoms with Crippen LogP contribution in [-0.2, 0) is 0 Å². The first-order valence-electron chi connectivity index (χ1n) is 11.0. The number of aryl methyl sites for hydroxylation is 1. The van der Waals surface area contributed by atoms with Crippen LogP contribution in [0.3, 0.4) is 0 Å². The minimum atomic E-state index is -0.373. The van der Waals surface area contributed by atoms with Crippen molar-refractivity contribution >= 4 is 50.5 Å². The summed E-state index contributed by atoms with van der Waals surface area (Å²) in [5.41, 5.74) is 3.46. The van der Waals surface area contributed by atoms with E-state index in [1.165, 1.54) is 17.4 Å². The molecule has 0 bridgehead atoms. The van der Waals surface area contributed by atoms with Crippen LogP contribution in [0, 0.1) is 6.92 Å². The average Bonchev–Trinajstić information content (AvgIpc) is 3.34. The predicted molar refractivity (Wildman–Crippen MR) is 143 cm³/mol. The monoisotopic (exact) mass is 495 g/mol. The quantitative estimate of drug-likeness (QED) is 0.116. The summed E-state index contributed by atoms with van der Waals surface area (Å²) >= 11 is 1.39. The van der Waals surface area contributed by atoms with Gasteiger partial charge in [0, 0.05) is 28.1 Å². The van der Waals surface area contributed by atoms with Gasteiger partial charge >= 0.3 is 5.63 Å². The standard InChI is InChI=1S/C27H21N5O3S/c1-17-14-23-19(10-13-25(33)35-23)15-22(17)28-24-16-36-27(29-24)30-26(18-8-11-21(34-2)12-9-18)32-31-20-6-4-3-5-7-20/h3-16,28H,1-2H3/b30-26-,32-31?. The number of benzene rings is 3. The minimum Gasteiger partial charge on any atom is -0.497 e. The molecule has 9 heteroatoms. The molecule has 0 fully saturated rings. The zero-order chi connectivity index (χ0) is 24.9. The van der Waals surface area contributed by atoms with Gasteiger partial charge in [-0.15, -0.1) is 21.6 Å². The van der Waals surface area contributed by atoms with Crippen LogP contribution in [0.4, 0.5) is 22.3 Å². The molecule has 0 unspecified atom stereocenters. The number of rotatable bonds is 6. The summed E-state index contributed by atoms with van der Waals surface area (Å²) in [6.45, 7) is 1.94. The molecular weight excluding hydrogens is 474 g/mol. The van der Waals surface area contributed by atoms with Crippen molar-refractivity contribution in [1.82, 2.24) is 4.98 Å². The molecule has 2 heterocycles. The molecule has 0 aliphatic carbocycles. The first kappa shape index (κ1) is 23.1. The second kappa shape index (κ2) is 10.3. The molecule has 3 aromatic carbocycles. The minimum absolute atomic E-state index is 0.373. The summed E-state index contributed by atoms with van der Waals surface area (Å²) in [6.07, 6.45) is 0. The molecule has 0 amide bonds. The molecule has 2 aromatic heterocycles. The Morgan fingerprint density at radius 2 is 1.83 bits per heavy atom. The highest BCUT2D eigenvalue weighted by molar-refractivity contribution is 7.13. The number of azo groups is 1. The lowest BCUT2D eigenvalue weighted by atomic mass is 10.1. The zero-order valence-corrected chi connectivity index (χ0v) is 20.3. The van der Waals surface area contributed by atoms with Crippen LogP contribution in [0.1, 0.15) is 11.1 Å². The second-order valence-electron chi connectivity index (χ2n) is 7.80. The molecule has 0 saturated heterocycles. The number of aliphatic imine (C=N–C) groups is 1. The Labute approximate surface area is 210 Å². The van der Waals surface area contributed by atoms with Gasteiger partial charge in [-0.3, -0.25) is 0 Å². The molecule has 0 atom stereocenters. The van der Waals surface area contributed by atoms with Crippen molar-refractivity contribution in [1.29, 1.82) is 0 Å². The fraction of sp³-hybridized carbons (Fsp3) is 0.0741. The molecule has 5 rings (SSSR count). The van der Waals surface area contributed by atoms with Crippen molar-refractivity contribution in [3.05, 3.63) is 106 Å². The first-order chi connectivity index (χ1) is 17.6. The highest BCUT2D eigenvalue weighted by atomic mass is 32.1. The van der Waals surface area contributed by atoms with E-state index in [-0.39, 0.29) is 5.63 Å². The Morgan fingerprint density at radius 1 is 1.03 bits per heavy atom. The number of anilines is 2. The van der Waals surface area contributed by atoms with E-state index < -0.39 is 0 Å². The maximum Gasteiger partial charge on any atom is 0.336 e. The van der Waals surface area contributed by atoms with Gasteiger partial charge in [0.05, 0.1) is 12.8 Å². The van der Waals surface area contributed by atoms with Crippen LogP contribution < -0.4 is 15.7 Å². The highest BCUT2D eigenvalue weighted by Crippen LogP contribution is 2.29. The topological polar surface area (TPSA) is 101 Å². The Kier molecular flexibility index (Phi) is 6.63. The van der Waals surface area contributed by atoms with Gasteiger partial charge in [0.1, 0.15) is 17.2 Å². The van der Waals surface area contributed by atoms with E-state index in [4.69, 9.17) is 9.15 Å². The lowest BCUT2D eigenvalue weighted by Crippen LogP contribution is -1.98. The summed E-state index contributed by atoms with van der Waals surface area (Å²) in [5, 5.41) is 15.3. The Bertz CT molecular complexity index is 1620. The summed E-state index contributed by atoms with van der Waals surface area (Å²) in [7, 11) is 1.62. The number of nitrogens with one attached hydrogen (secondary N) is 1. The number of ether oxygens (including phenoxy) is 1. The molecule has 36 heavy (non-hydrogen) atoms. The Balaban J connectivity index is 1.44. The molecule has 0 aliphatic heterocycles. The van der Waals surface area contributed by atoms with Crippen LogP contribution in [0.25, 0.3) is 11.0 Å². The fourth-order valence-electron chi connectivity index (χ4n) is 3.44. The van der Waals surface area contributed by atoms with E-state index in [0.29, 0.717) is 22.4 Å². The first-order valence-corrected chi connectivity index (χ1v) is 11.9. The number of fused-ring (bicyclic) bond motifs is 1. The summed E-state index contributed by atoms with van der Waals surface area (Å²) < 4.78 is 10.5. The molecule has 1 N–H and O–H groups in total. The van der Waals surface area contributed by atoms with Crippen molar-refractivity contribution in [2.45, 2.75) is 6.92 Å². The van der Waals surface area contributed by atoms with E-state index in [1.54, 1.807) is 13.2 Å². The third-order valence-corrected chi connectivity index (χ3v) is 6.02. The average molecular weight is 496 g/mol. The summed E-state index contributed by atoms with van der Waals surface area (Å²) in [4.78, 5) is 20.8. The molecular formula is C27H21N5O3S. The van der Waals surface area contributed by atoms with Crippen molar-refractivity contribution in [3.63, 3.8) is 0 Å². The number of methoxy groups -OCH3 is 1. The van der Waals surface area contributed by atoms with Crippen LogP contribution >= 0.6 is 11.3 Å². The lowest BCUT2D eigenvalue weighted by molar-refractivity contribution is 0.415. The number of hydrogen-bond acceptors (Lipinski definition) is 8. The maximum absolute atomic E-state index is 11.5. The van der Waals surface area contributed by atoms with Gasteiger partial charge < -0.3 is 14.5 Å². The predicted octanol–water partition coefficient (Wildman–Crippen LogP) is 7.17. The van der Waals surface area contributed by atoms with Gasteiger partial charge in [0.25, 0.3) is 0 Å². The van der Waals surface area contributed by atoms with Gasteiger partial charge in [-0.05, 0) is 67.1 Å². The molecule has 5 aromatic rings. The maximum atomic E-state index is 11.5. The third kappa shape index (κ3) is 5.37. The van der Waals surface area contributed by atoms with Gasteiger partial charge in [-0.25, -0.2) is 9.78 Å². The van der Waals surface area contributed by atoms with E-state index in [1.807, 2.05) is 79.0 Å². The van der Waals surface area contributed by atoms with Crippen LogP contribution in [0.15, 0.2) is 109 Å². The van der Waals surface area contributed by atoms with E-state index in [2.05, 4.69) is 25.5 Å². The van der Waals surface area contributed by atoms with Gasteiger partial charge in [0.2, 0.25) is 5.13 Å². The van der Waals surface area contributed by atoms with Crippen molar-refractivity contribution in [3.8, 4) is 5.75 Å². The molecule has 0 aliphatic rings. The smallest absolute Gasteiger partial charge is 0.336 e. The lowest BCUT2D eigenvalue weighted by Gasteiger charge is -2.08. The van der Waals surface area contributed by atoms with E-state index in [0.717, 1.165) is 33.6 Å². The number of thiazole rings is 1. The molecule has 0 radical (unpaired) electrons. The molecule has 0 saturated carbocycles. The van der Waals surface area contributed by atoms with Crippen molar-refractivity contribution < 1.29 is 9.15 Å². The molecule has 8 nitrogen and oxygen atoms in total. The summed E-state index contributed by atoms with van der Waals surface area (Å²) in [6, 6.07) is 23.8.